The summed E-state index contributed by atoms with van der Waals surface area (Å²) in [7, 11) is 0. The first kappa shape index (κ1) is 18.9. The van der Waals surface area contributed by atoms with Gasteiger partial charge in [-0.3, -0.25) is 14.5 Å². The number of nitrogens with one attached hydrogen (secondary N) is 2. The van der Waals surface area contributed by atoms with Gasteiger partial charge in [0.2, 0.25) is 5.91 Å². The molecule has 1 saturated heterocycles. The molecule has 5 rings (SSSR count). The Morgan fingerprint density at radius 3 is 2.70 bits per heavy atom. The second kappa shape index (κ2) is 6.73. The molecular formula is C21H21N3O5S. The van der Waals surface area contributed by atoms with Crippen molar-refractivity contribution < 1.29 is 23.9 Å². The van der Waals surface area contributed by atoms with Gasteiger partial charge in [-0.25, -0.2) is 4.79 Å². The normalized spacial score (nSPS) is 23.8. The van der Waals surface area contributed by atoms with E-state index in [0.29, 0.717) is 22.7 Å². The molecule has 4 amide bonds. The Morgan fingerprint density at radius 2 is 1.97 bits per heavy atom. The third kappa shape index (κ3) is 3.00. The summed E-state index contributed by atoms with van der Waals surface area (Å²) in [6.07, 6.45) is 3.82. The minimum Gasteiger partial charge on any atom is -0.448 e. The first-order valence-electron chi connectivity index (χ1n) is 9.87. The molecule has 1 aromatic heterocycles. The maximum atomic E-state index is 12.9. The van der Waals surface area contributed by atoms with Crippen LogP contribution in [0.1, 0.15) is 38.2 Å². The van der Waals surface area contributed by atoms with Gasteiger partial charge in [-0.1, -0.05) is 0 Å². The molecule has 2 aromatic rings. The van der Waals surface area contributed by atoms with Crippen molar-refractivity contribution in [3.63, 3.8) is 0 Å². The Balaban J connectivity index is 1.26. The second-order valence-electron chi connectivity index (χ2n) is 7.99. The van der Waals surface area contributed by atoms with E-state index in [1.54, 1.807) is 31.2 Å². The lowest BCUT2D eigenvalue weighted by Crippen LogP contribution is -2.41. The maximum Gasteiger partial charge on any atom is 0.325 e. The Hall–Kier alpha value is -3.07. The molecule has 1 saturated carbocycles. The molecule has 0 radical (unpaired) electrons. The van der Waals surface area contributed by atoms with Gasteiger partial charge in [-0.2, -0.15) is 11.3 Å². The average Bonchev–Trinajstić information content (AvgIpc) is 3.48. The van der Waals surface area contributed by atoms with Crippen LogP contribution in [0.3, 0.4) is 0 Å². The van der Waals surface area contributed by atoms with E-state index in [4.69, 9.17) is 9.47 Å². The van der Waals surface area contributed by atoms with E-state index in [2.05, 4.69) is 10.6 Å². The van der Waals surface area contributed by atoms with Crippen molar-refractivity contribution in [2.45, 2.75) is 43.9 Å². The van der Waals surface area contributed by atoms with Crippen molar-refractivity contribution in [2.24, 2.45) is 0 Å². The zero-order valence-electron chi connectivity index (χ0n) is 16.4. The standard InChI is InChI=1S/C21H21N3O5S/c1-20(13-6-9-30-12-13)18(26)24(19(27)23-20)11-17(25)22-14-4-5-15-16(10-14)29-21(28-15)7-2-3-8-21/h4-6,9-10,12H,2-3,7-8,11H2,1H3,(H,22,25)(H,23,27). The molecule has 2 N–H and O–H groups in total. The third-order valence-corrected chi connectivity index (χ3v) is 6.54. The van der Waals surface area contributed by atoms with E-state index in [1.807, 2.05) is 10.8 Å². The molecule has 1 atom stereocenters. The molecule has 2 aliphatic heterocycles. The number of urea groups is 1. The fraction of sp³-hybridized carbons (Fsp3) is 0.381. The van der Waals surface area contributed by atoms with Gasteiger partial charge in [0.25, 0.3) is 11.7 Å². The number of imide groups is 1. The number of anilines is 1. The average molecular weight is 427 g/mol. The van der Waals surface area contributed by atoms with Crippen LogP contribution in [0, 0.1) is 0 Å². The number of carbonyl (C=O) groups is 3. The number of rotatable bonds is 4. The summed E-state index contributed by atoms with van der Waals surface area (Å²) in [6.45, 7) is 1.27. The zero-order chi connectivity index (χ0) is 20.9. The maximum absolute atomic E-state index is 12.9. The van der Waals surface area contributed by atoms with Crippen molar-refractivity contribution in [3.8, 4) is 11.5 Å². The van der Waals surface area contributed by atoms with E-state index in [9.17, 15) is 14.4 Å². The van der Waals surface area contributed by atoms with Crippen LogP contribution in [0.5, 0.6) is 11.5 Å². The topological polar surface area (TPSA) is 97.0 Å². The van der Waals surface area contributed by atoms with Crippen molar-refractivity contribution >= 4 is 34.9 Å². The van der Waals surface area contributed by atoms with Gasteiger partial charge in [-0.05, 0) is 54.3 Å². The highest BCUT2D eigenvalue weighted by atomic mass is 32.1. The van der Waals surface area contributed by atoms with E-state index >= 15 is 0 Å². The largest absolute Gasteiger partial charge is 0.448 e. The highest BCUT2D eigenvalue weighted by molar-refractivity contribution is 7.08. The van der Waals surface area contributed by atoms with Crippen LogP contribution in [0.25, 0.3) is 0 Å². The Labute approximate surface area is 177 Å². The molecule has 30 heavy (non-hydrogen) atoms. The van der Waals surface area contributed by atoms with Crippen LogP contribution < -0.4 is 20.1 Å². The summed E-state index contributed by atoms with van der Waals surface area (Å²) in [5, 5.41) is 9.07. The molecule has 1 unspecified atom stereocenters. The molecule has 156 valence electrons. The molecule has 8 nitrogen and oxygen atoms in total. The van der Waals surface area contributed by atoms with Crippen molar-refractivity contribution in [1.82, 2.24) is 10.2 Å². The highest BCUT2D eigenvalue weighted by Gasteiger charge is 2.49. The summed E-state index contributed by atoms with van der Waals surface area (Å²) in [6, 6.07) is 6.39. The second-order valence-corrected chi connectivity index (χ2v) is 8.77. The van der Waals surface area contributed by atoms with E-state index in [1.165, 1.54) is 11.3 Å². The number of amides is 4. The van der Waals surface area contributed by atoms with Crippen molar-refractivity contribution in [3.05, 3.63) is 40.6 Å². The lowest BCUT2D eigenvalue weighted by molar-refractivity contribution is -0.133. The molecule has 9 heteroatoms. The molecule has 2 fully saturated rings. The Bertz CT molecular complexity index is 1030. The number of hydrogen-bond donors (Lipinski definition) is 2. The van der Waals surface area contributed by atoms with Crippen LogP contribution in [0.4, 0.5) is 10.5 Å². The fourth-order valence-electron chi connectivity index (χ4n) is 4.22. The highest BCUT2D eigenvalue weighted by Crippen LogP contribution is 2.47. The molecule has 1 aromatic carbocycles. The first-order chi connectivity index (χ1) is 14.4. The summed E-state index contributed by atoms with van der Waals surface area (Å²) in [5.74, 6) is -0.236. The van der Waals surface area contributed by atoms with Crippen molar-refractivity contribution in [2.75, 3.05) is 11.9 Å². The van der Waals surface area contributed by atoms with Crippen LogP contribution in [-0.4, -0.2) is 35.1 Å². The smallest absolute Gasteiger partial charge is 0.325 e. The fourth-order valence-corrected chi connectivity index (χ4v) is 4.98. The van der Waals surface area contributed by atoms with Crippen LogP contribution in [-0.2, 0) is 15.1 Å². The van der Waals surface area contributed by atoms with Gasteiger partial charge in [-0.15, -0.1) is 0 Å². The number of hydrogen-bond acceptors (Lipinski definition) is 6. The van der Waals surface area contributed by atoms with Crippen LogP contribution in [0.2, 0.25) is 0 Å². The summed E-state index contributed by atoms with van der Waals surface area (Å²) in [4.78, 5) is 38.7. The van der Waals surface area contributed by atoms with Gasteiger partial charge in [0.05, 0.1) is 0 Å². The Kier molecular flexibility index (Phi) is 4.25. The molecule has 1 aliphatic carbocycles. The van der Waals surface area contributed by atoms with Gasteiger partial charge in [0.15, 0.2) is 11.5 Å². The predicted molar refractivity (Wildman–Crippen MR) is 109 cm³/mol. The lowest BCUT2D eigenvalue weighted by Gasteiger charge is -2.21. The van der Waals surface area contributed by atoms with Crippen LogP contribution >= 0.6 is 11.3 Å². The van der Waals surface area contributed by atoms with E-state index in [0.717, 1.165) is 30.6 Å². The Morgan fingerprint density at radius 1 is 1.20 bits per heavy atom. The molecule has 0 bridgehead atoms. The summed E-state index contributed by atoms with van der Waals surface area (Å²) in [5.41, 5.74) is 0.0570. The third-order valence-electron chi connectivity index (χ3n) is 5.86. The quantitative estimate of drug-likeness (QED) is 0.731. The molecule has 3 heterocycles. The van der Waals surface area contributed by atoms with E-state index in [-0.39, 0.29) is 6.54 Å². The number of nitrogens with zero attached hydrogens (tertiary/aromatic N) is 1. The molecular weight excluding hydrogens is 406 g/mol. The first-order valence-corrected chi connectivity index (χ1v) is 10.8. The zero-order valence-corrected chi connectivity index (χ0v) is 17.2. The van der Waals surface area contributed by atoms with Gasteiger partial charge >= 0.3 is 6.03 Å². The van der Waals surface area contributed by atoms with E-state index < -0.39 is 29.2 Å². The van der Waals surface area contributed by atoms with Gasteiger partial charge in [0.1, 0.15) is 12.1 Å². The lowest BCUT2D eigenvalue weighted by atomic mass is 9.95. The minimum atomic E-state index is -1.16. The SMILES string of the molecule is CC1(c2ccsc2)NC(=O)N(CC(=O)Nc2ccc3c(c2)OC2(CCCC2)O3)C1=O. The number of ether oxygens (including phenoxy) is 2. The monoisotopic (exact) mass is 427 g/mol. The number of carbonyl (C=O) groups excluding carboxylic acids is 3. The number of thiophene rings is 1. The molecule has 1 spiro atoms. The predicted octanol–water partition coefficient (Wildman–Crippen LogP) is 3.20. The number of fused-ring (bicyclic) bond motifs is 1. The molecule has 3 aliphatic rings. The van der Waals surface area contributed by atoms with Crippen LogP contribution in [0.15, 0.2) is 35.0 Å². The summed E-state index contributed by atoms with van der Waals surface area (Å²) < 4.78 is 12.0. The van der Waals surface area contributed by atoms with Gasteiger partial charge < -0.3 is 20.1 Å². The van der Waals surface area contributed by atoms with Crippen molar-refractivity contribution in [1.29, 1.82) is 0 Å². The minimum absolute atomic E-state index is 0.372. The summed E-state index contributed by atoms with van der Waals surface area (Å²) >= 11 is 1.44. The number of benzene rings is 1. The van der Waals surface area contributed by atoms with Gasteiger partial charge in [0, 0.05) is 24.6 Å².